The summed E-state index contributed by atoms with van der Waals surface area (Å²) in [6, 6.07) is 7.30. The molecule has 0 aliphatic heterocycles. The lowest BCUT2D eigenvalue weighted by Crippen LogP contribution is -2.31. The number of aliphatic carboxylic acids is 1. The van der Waals surface area contributed by atoms with Gasteiger partial charge < -0.3 is 5.11 Å². The summed E-state index contributed by atoms with van der Waals surface area (Å²) in [5, 5.41) is 9.08. The fraction of sp³-hybridized carbons (Fsp3) is 0.182. The fourth-order valence-electron chi connectivity index (χ4n) is 1.66. The quantitative estimate of drug-likeness (QED) is 0.721. The molecule has 0 aromatic heterocycles. The molecule has 0 amide bonds. The van der Waals surface area contributed by atoms with Gasteiger partial charge in [-0.3, -0.25) is 0 Å². The van der Waals surface area contributed by atoms with Crippen molar-refractivity contribution in [3.05, 3.63) is 41.5 Å². The second-order valence-corrected chi connectivity index (χ2v) is 3.95. The summed E-state index contributed by atoms with van der Waals surface area (Å²) in [4.78, 5) is 9.79. The van der Waals surface area contributed by atoms with Crippen molar-refractivity contribution >= 4 is 23.6 Å². The number of halogens is 1. The molecular weight excluding hydrogens is 200 g/mol. The molecule has 1 atom stereocenters. The maximum atomic E-state index is 11.1. The zero-order chi connectivity index (χ0) is 10.2. The summed E-state index contributed by atoms with van der Waals surface area (Å²) in [5.74, 6) is -0.990. The van der Waals surface area contributed by atoms with Gasteiger partial charge in [0.25, 0.3) is 0 Å². The Bertz CT molecular complexity index is 412. The van der Waals surface area contributed by atoms with Crippen molar-refractivity contribution in [1.82, 2.24) is 0 Å². The number of carboxylic acid groups (broad SMARTS) is 1. The van der Waals surface area contributed by atoms with E-state index in [0.29, 0.717) is 12.0 Å². The maximum absolute atomic E-state index is 11.1. The van der Waals surface area contributed by atoms with Gasteiger partial charge >= 0.3 is 5.97 Å². The molecule has 3 heteroatoms. The first-order chi connectivity index (χ1) is 6.64. The maximum Gasteiger partial charge on any atom is 0.329 e. The second kappa shape index (κ2) is 3.14. The number of carboxylic acids is 1. The van der Waals surface area contributed by atoms with E-state index in [4.69, 9.17) is 16.7 Å². The van der Waals surface area contributed by atoms with Gasteiger partial charge in [-0.05, 0) is 17.5 Å². The first-order valence-electron chi connectivity index (χ1n) is 4.33. The van der Waals surface area contributed by atoms with Crippen LogP contribution < -0.4 is 0 Å². The topological polar surface area (TPSA) is 37.3 Å². The van der Waals surface area contributed by atoms with Crippen LogP contribution in [0.1, 0.15) is 17.5 Å². The highest BCUT2D eigenvalue weighted by Crippen LogP contribution is 2.39. The van der Waals surface area contributed by atoms with Crippen molar-refractivity contribution < 1.29 is 9.90 Å². The zero-order valence-electron chi connectivity index (χ0n) is 7.40. The lowest BCUT2D eigenvalue weighted by Gasteiger charge is -2.26. The van der Waals surface area contributed by atoms with Gasteiger partial charge in [-0.2, -0.15) is 0 Å². The van der Waals surface area contributed by atoms with E-state index in [9.17, 15) is 4.79 Å². The minimum absolute atomic E-state index is 0.334. The Balaban J connectivity index is 2.61. The van der Waals surface area contributed by atoms with Crippen LogP contribution >= 0.6 is 11.6 Å². The van der Waals surface area contributed by atoms with Crippen molar-refractivity contribution in [3.63, 3.8) is 0 Å². The molecule has 0 bridgehead atoms. The lowest BCUT2D eigenvalue weighted by molar-refractivity contribution is -0.140. The molecule has 72 valence electrons. The molecule has 0 heterocycles. The molecule has 0 saturated carbocycles. The van der Waals surface area contributed by atoms with Gasteiger partial charge in [0.1, 0.15) is 0 Å². The summed E-state index contributed by atoms with van der Waals surface area (Å²) in [5.41, 5.74) is 1.56. The molecule has 2 nitrogen and oxygen atoms in total. The van der Waals surface area contributed by atoms with Crippen LogP contribution in [0.5, 0.6) is 0 Å². The van der Waals surface area contributed by atoms with Crippen molar-refractivity contribution in [2.45, 2.75) is 11.3 Å². The molecule has 0 radical (unpaired) electrons. The number of hydrogen-bond acceptors (Lipinski definition) is 1. The summed E-state index contributed by atoms with van der Waals surface area (Å²) < 4.78 is 0. The molecule has 1 unspecified atom stereocenters. The van der Waals surface area contributed by atoms with Crippen LogP contribution in [0, 0.1) is 0 Å². The number of alkyl halides is 1. The number of rotatable bonds is 1. The molecule has 1 N–H and O–H groups in total. The smallest absolute Gasteiger partial charge is 0.329 e. The standard InChI is InChI=1S/C11H9ClO2/c12-11(10(13)14)7-3-5-8-4-1-2-6-9(8)11/h1-6H,7H2,(H,13,14). The largest absolute Gasteiger partial charge is 0.480 e. The van der Waals surface area contributed by atoms with Crippen LogP contribution in [-0.2, 0) is 9.67 Å². The van der Waals surface area contributed by atoms with E-state index in [1.54, 1.807) is 18.2 Å². The number of hydrogen-bond donors (Lipinski definition) is 1. The molecule has 1 aromatic rings. The average molecular weight is 209 g/mol. The zero-order valence-corrected chi connectivity index (χ0v) is 8.16. The lowest BCUT2D eigenvalue weighted by atomic mass is 9.86. The Morgan fingerprint density at radius 1 is 1.43 bits per heavy atom. The van der Waals surface area contributed by atoms with E-state index >= 15 is 0 Å². The summed E-state index contributed by atoms with van der Waals surface area (Å²) in [7, 11) is 0. The number of allylic oxidation sites excluding steroid dienone is 1. The Kier molecular flexibility index (Phi) is 2.08. The van der Waals surface area contributed by atoms with Gasteiger partial charge in [-0.15, -0.1) is 11.6 Å². The van der Waals surface area contributed by atoms with Crippen molar-refractivity contribution in [2.75, 3.05) is 0 Å². The average Bonchev–Trinajstić information content (AvgIpc) is 2.18. The van der Waals surface area contributed by atoms with Gasteiger partial charge in [0, 0.05) is 0 Å². The number of fused-ring (bicyclic) bond motifs is 1. The third-order valence-corrected chi connectivity index (χ3v) is 2.94. The van der Waals surface area contributed by atoms with Gasteiger partial charge in [0.2, 0.25) is 0 Å². The van der Waals surface area contributed by atoms with Crippen molar-refractivity contribution in [1.29, 1.82) is 0 Å². The second-order valence-electron chi connectivity index (χ2n) is 3.30. The van der Waals surface area contributed by atoms with Gasteiger partial charge in [0.05, 0.1) is 0 Å². The number of carbonyl (C=O) groups is 1. The van der Waals surface area contributed by atoms with E-state index < -0.39 is 10.8 Å². The normalized spacial score (nSPS) is 24.4. The SMILES string of the molecule is O=C(O)C1(Cl)CC=Cc2ccccc21. The molecule has 1 aromatic carbocycles. The Morgan fingerprint density at radius 2 is 2.14 bits per heavy atom. The van der Waals surface area contributed by atoms with Crippen LogP contribution in [0.15, 0.2) is 30.3 Å². The van der Waals surface area contributed by atoms with E-state index in [-0.39, 0.29) is 0 Å². The van der Waals surface area contributed by atoms with Crippen LogP contribution in [0.2, 0.25) is 0 Å². The molecule has 14 heavy (non-hydrogen) atoms. The molecule has 2 rings (SSSR count). The van der Waals surface area contributed by atoms with E-state index in [0.717, 1.165) is 5.56 Å². The van der Waals surface area contributed by atoms with Crippen LogP contribution in [-0.4, -0.2) is 11.1 Å². The summed E-state index contributed by atoms with van der Waals surface area (Å²) >= 11 is 6.09. The van der Waals surface area contributed by atoms with E-state index in [1.165, 1.54) is 0 Å². The monoisotopic (exact) mass is 208 g/mol. The highest BCUT2D eigenvalue weighted by Gasteiger charge is 2.39. The van der Waals surface area contributed by atoms with Crippen molar-refractivity contribution in [3.8, 4) is 0 Å². The molecule has 1 aliphatic rings. The van der Waals surface area contributed by atoms with Gasteiger partial charge in [-0.1, -0.05) is 36.4 Å². The first-order valence-corrected chi connectivity index (χ1v) is 4.71. The molecule has 0 fully saturated rings. The predicted octanol–water partition coefficient (Wildman–Crippen LogP) is 2.62. The molecular formula is C11H9ClO2. The third-order valence-electron chi connectivity index (χ3n) is 2.42. The predicted molar refractivity (Wildman–Crippen MR) is 55.3 cm³/mol. The number of benzene rings is 1. The highest BCUT2D eigenvalue weighted by atomic mass is 35.5. The molecule has 0 saturated heterocycles. The van der Waals surface area contributed by atoms with Gasteiger partial charge in [0.15, 0.2) is 4.87 Å². The highest BCUT2D eigenvalue weighted by molar-refractivity contribution is 6.34. The molecule has 1 aliphatic carbocycles. The minimum atomic E-state index is -1.29. The van der Waals surface area contributed by atoms with Crippen molar-refractivity contribution in [2.24, 2.45) is 0 Å². The summed E-state index contributed by atoms with van der Waals surface area (Å²) in [6.45, 7) is 0. The Labute approximate surface area is 86.8 Å². The van der Waals surface area contributed by atoms with Crippen LogP contribution in [0.4, 0.5) is 0 Å². The summed E-state index contributed by atoms with van der Waals surface area (Å²) in [6.07, 6.45) is 4.03. The van der Waals surface area contributed by atoms with E-state index in [2.05, 4.69) is 0 Å². The fourth-order valence-corrected chi connectivity index (χ4v) is 1.93. The molecule has 0 spiro atoms. The van der Waals surface area contributed by atoms with E-state index in [1.807, 2.05) is 18.2 Å². The first kappa shape index (κ1) is 9.28. The van der Waals surface area contributed by atoms with Crippen LogP contribution in [0.3, 0.4) is 0 Å². The van der Waals surface area contributed by atoms with Crippen LogP contribution in [0.25, 0.3) is 6.08 Å². The minimum Gasteiger partial charge on any atom is -0.480 e. The Morgan fingerprint density at radius 3 is 2.86 bits per heavy atom. The van der Waals surface area contributed by atoms with Gasteiger partial charge in [-0.25, -0.2) is 4.79 Å². The Hall–Kier alpha value is -1.28. The third kappa shape index (κ3) is 1.23.